The molecule has 1 N–H and O–H groups in total. The number of aliphatic hydroxyl groups is 1. The molecule has 0 bridgehead atoms. The third kappa shape index (κ3) is 4.26. The molecule has 0 amide bonds. The number of nitrogens with zero attached hydrogens (tertiary/aromatic N) is 2. The van der Waals surface area contributed by atoms with Crippen molar-refractivity contribution in [1.82, 2.24) is 8.61 Å². The fourth-order valence-corrected chi connectivity index (χ4v) is 4.20. The molecule has 21 heavy (non-hydrogen) atoms. The Hall–Kier alpha value is -0.950. The quantitative estimate of drug-likeness (QED) is 0.795. The lowest BCUT2D eigenvalue weighted by atomic mass is 10.3. The number of thiophene rings is 1. The summed E-state index contributed by atoms with van der Waals surface area (Å²) in [5.41, 5.74) is 0.793. The highest BCUT2D eigenvalue weighted by molar-refractivity contribution is 7.86. The summed E-state index contributed by atoms with van der Waals surface area (Å²) in [4.78, 5) is 0.913. The predicted octanol–water partition coefficient (Wildman–Crippen LogP) is 0.101. The van der Waals surface area contributed by atoms with Gasteiger partial charge in [-0.3, -0.25) is 0 Å². The molecule has 1 fully saturated rings. The van der Waals surface area contributed by atoms with Gasteiger partial charge in [0.15, 0.2) is 0 Å². The zero-order chi connectivity index (χ0) is 15.3. The Morgan fingerprint density at radius 3 is 2.86 bits per heavy atom. The van der Waals surface area contributed by atoms with Crippen LogP contribution in [0.2, 0.25) is 0 Å². The first-order valence-electron chi connectivity index (χ1n) is 6.50. The van der Waals surface area contributed by atoms with Gasteiger partial charge in [-0.15, -0.1) is 11.3 Å². The molecule has 6 nitrogen and oxygen atoms in total. The monoisotopic (exact) mass is 330 g/mol. The number of hydrogen-bond acceptors (Lipinski definition) is 5. The second-order valence-corrected chi connectivity index (χ2v) is 7.57. The number of rotatable bonds is 4. The number of hydrogen-bond donors (Lipinski definition) is 1. The summed E-state index contributed by atoms with van der Waals surface area (Å²) >= 11 is 1.46. The van der Waals surface area contributed by atoms with Crippen LogP contribution < -0.4 is 0 Å². The Morgan fingerprint density at radius 2 is 2.19 bits per heavy atom. The first-order chi connectivity index (χ1) is 10.0. The predicted molar refractivity (Wildman–Crippen MR) is 81.1 cm³/mol. The summed E-state index contributed by atoms with van der Waals surface area (Å²) < 4.78 is 32.8. The summed E-state index contributed by atoms with van der Waals surface area (Å²) in [5, 5.41) is 10.5. The first kappa shape index (κ1) is 16.4. The summed E-state index contributed by atoms with van der Waals surface area (Å²) in [7, 11) is -1.88. The van der Waals surface area contributed by atoms with Gasteiger partial charge in [-0.1, -0.05) is 11.8 Å². The van der Waals surface area contributed by atoms with E-state index in [4.69, 9.17) is 9.84 Å². The van der Waals surface area contributed by atoms with Gasteiger partial charge >= 0.3 is 0 Å². The van der Waals surface area contributed by atoms with E-state index in [9.17, 15) is 8.42 Å². The van der Waals surface area contributed by atoms with Gasteiger partial charge in [0.2, 0.25) is 0 Å². The zero-order valence-electron chi connectivity index (χ0n) is 11.8. The van der Waals surface area contributed by atoms with Crippen molar-refractivity contribution in [3.63, 3.8) is 0 Å². The van der Waals surface area contributed by atoms with Gasteiger partial charge in [0.05, 0.1) is 13.2 Å². The maximum Gasteiger partial charge on any atom is 0.282 e. The molecule has 2 rings (SSSR count). The number of ether oxygens (including phenoxy) is 1. The van der Waals surface area contributed by atoms with Crippen LogP contribution in [-0.2, 0) is 21.5 Å². The maximum absolute atomic E-state index is 12.4. The second kappa shape index (κ2) is 7.35. The van der Waals surface area contributed by atoms with Crippen molar-refractivity contribution in [3.05, 3.63) is 21.9 Å². The third-order valence-corrected chi connectivity index (χ3v) is 5.89. The largest absolute Gasteiger partial charge is 0.384 e. The Balaban J connectivity index is 2.02. The van der Waals surface area contributed by atoms with E-state index in [1.807, 2.05) is 11.4 Å². The smallest absolute Gasteiger partial charge is 0.282 e. The fourth-order valence-electron chi connectivity index (χ4n) is 1.95. The van der Waals surface area contributed by atoms with Gasteiger partial charge in [0.25, 0.3) is 10.2 Å². The second-order valence-electron chi connectivity index (χ2n) is 4.54. The third-order valence-electron chi connectivity index (χ3n) is 3.03. The Bertz CT molecular complexity index is 624. The van der Waals surface area contributed by atoms with E-state index >= 15 is 0 Å². The summed E-state index contributed by atoms with van der Waals surface area (Å²) in [6, 6.07) is 1.85. The highest BCUT2D eigenvalue weighted by Crippen LogP contribution is 2.18. The van der Waals surface area contributed by atoms with Crippen LogP contribution in [0.4, 0.5) is 0 Å². The molecule has 0 saturated carbocycles. The summed E-state index contributed by atoms with van der Waals surface area (Å²) in [6.07, 6.45) is 0. The fraction of sp³-hybridized carbons (Fsp3) is 0.538. The highest BCUT2D eigenvalue weighted by Gasteiger charge is 2.28. The van der Waals surface area contributed by atoms with Crippen molar-refractivity contribution >= 4 is 21.5 Å². The molecule has 0 spiro atoms. The standard InChI is InChI=1S/C13H18N2O4S2/c1-14(21(17,18)15-4-7-19-8-5-15)10-13-9-12(11-20-13)3-2-6-16/h9,11,16H,4-8,10H2,1H3. The Kier molecular flexibility index (Phi) is 5.75. The van der Waals surface area contributed by atoms with Crippen molar-refractivity contribution in [2.24, 2.45) is 0 Å². The Labute approximate surface area is 129 Å². The van der Waals surface area contributed by atoms with E-state index in [0.717, 1.165) is 10.4 Å². The molecule has 0 unspecified atom stereocenters. The average Bonchev–Trinajstić information content (AvgIpc) is 2.93. The maximum atomic E-state index is 12.4. The van der Waals surface area contributed by atoms with E-state index in [-0.39, 0.29) is 6.61 Å². The van der Waals surface area contributed by atoms with E-state index in [0.29, 0.717) is 32.8 Å². The van der Waals surface area contributed by atoms with E-state index in [1.54, 1.807) is 7.05 Å². The van der Waals surface area contributed by atoms with Crippen LogP contribution in [0.25, 0.3) is 0 Å². The van der Waals surface area contributed by atoms with Crippen LogP contribution in [0, 0.1) is 11.8 Å². The minimum absolute atomic E-state index is 0.184. The van der Waals surface area contributed by atoms with Crippen molar-refractivity contribution in [2.75, 3.05) is 40.0 Å². The number of morpholine rings is 1. The Morgan fingerprint density at radius 1 is 1.48 bits per heavy atom. The van der Waals surface area contributed by atoms with Crippen LogP contribution in [0.5, 0.6) is 0 Å². The summed E-state index contributed by atoms with van der Waals surface area (Å²) in [5.74, 6) is 5.38. The molecule has 1 aliphatic rings. The SMILES string of the molecule is CN(Cc1cc(C#CCO)cs1)S(=O)(=O)N1CCOCC1. The molecule has 116 valence electrons. The molecule has 1 saturated heterocycles. The normalized spacial score (nSPS) is 16.7. The molecule has 1 aromatic heterocycles. The van der Waals surface area contributed by atoms with Gasteiger partial charge in [0, 0.05) is 42.5 Å². The molecule has 0 atom stereocenters. The zero-order valence-corrected chi connectivity index (χ0v) is 13.4. The topological polar surface area (TPSA) is 70.1 Å². The van der Waals surface area contributed by atoms with Crippen molar-refractivity contribution in [3.8, 4) is 11.8 Å². The van der Waals surface area contributed by atoms with E-state index < -0.39 is 10.2 Å². The van der Waals surface area contributed by atoms with Crippen LogP contribution in [0.3, 0.4) is 0 Å². The molecule has 0 aliphatic carbocycles. The van der Waals surface area contributed by atoms with Crippen molar-refractivity contribution in [2.45, 2.75) is 6.54 Å². The highest BCUT2D eigenvalue weighted by atomic mass is 32.2. The number of aliphatic hydroxyl groups excluding tert-OH is 1. The van der Waals surface area contributed by atoms with Crippen molar-refractivity contribution in [1.29, 1.82) is 0 Å². The van der Waals surface area contributed by atoms with Crippen molar-refractivity contribution < 1.29 is 18.3 Å². The molecular formula is C13H18N2O4S2. The van der Waals surface area contributed by atoms with E-state index in [2.05, 4.69) is 11.8 Å². The van der Waals surface area contributed by atoms with Gasteiger partial charge in [0.1, 0.15) is 6.61 Å². The lowest BCUT2D eigenvalue weighted by molar-refractivity contribution is 0.0705. The summed E-state index contributed by atoms with van der Waals surface area (Å²) in [6.45, 7) is 1.79. The molecule has 2 heterocycles. The molecule has 1 aromatic rings. The van der Waals surface area contributed by atoms with Crippen LogP contribution in [-0.4, -0.2) is 62.1 Å². The molecular weight excluding hydrogens is 312 g/mol. The lowest BCUT2D eigenvalue weighted by Gasteiger charge is -2.29. The van der Waals surface area contributed by atoms with Gasteiger partial charge in [-0.25, -0.2) is 0 Å². The molecule has 0 radical (unpaired) electrons. The van der Waals surface area contributed by atoms with Crippen LogP contribution in [0.1, 0.15) is 10.4 Å². The molecule has 0 aromatic carbocycles. The molecule has 8 heteroatoms. The first-order valence-corrected chi connectivity index (χ1v) is 8.78. The average molecular weight is 330 g/mol. The van der Waals surface area contributed by atoms with Gasteiger partial charge < -0.3 is 9.84 Å². The van der Waals surface area contributed by atoms with Crippen LogP contribution in [0.15, 0.2) is 11.4 Å². The van der Waals surface area contributed by atoms with Crippen LogP contribution >= 0.6 is 11.3 Å². The minimum Gasteiger partial charge on any atom is -0.384 e. The molecule has 1 aliphatic heterocycles. The van der Waals surface area contributed by atoms with Gasteiger partial charge in [-0.2, -0.15) is 17.0 Å². The van der Waals surface area contributed by atoms with Gasteiger partial charge in [-0.05, 0) is 6.07 Å². The minimum atomic E-state index is -3.45. The lowest BCUT2D eigenvalue weighted by Crippen LogP contribution is -2.46. The van der Waals surface area contributed by atoms with E-state index in [1.165, 1.54) is 19.9 Å².